The lowest BCUT2D eigenvalue weighted by Crippen LogP contribution is -2.47. The molecule has 2 N–H and O–H groups in total. The van der Waals surface area contributed by atoms with Crippen LogP contribution < -0.4 is 10.3 Å². The standard InChI is InChI=1S/C24H23F5N2O3/c1-4-14(15-5-7-17(25)13(2)22(15)34-3)11-23(33,24(27,28)29)12-30-19-9-8-18(26)21-16(19)6-10-20(32)31-21/h5-10,12,14,33H,4,11H2,1-3H3,(H,31,32)/t14-,23+/m1/s1. The van der Waals surface area contributed by atoms with E-state index in [1.165, 1.54) is 26.2 Å². The second kappa shape index (κ2) is 9.54. The van der Waals surface area contributed by atoms with Gasteiger partial charge in [-0.1, -0.05) is 13.0 Å². The van der Waals surface area contributed by atoms with Crippen molar-refractivity contribution in [3.05, 3.63) is 69.5 Å². The fourth-order valence-corrected chi connectivity index (χ4v) is 3.86. The summed E-state index contributed by atoms with van der Waals surface area (Å²) in [4.78, 5) is 17.6. The zero-order chi connectivity index (χ0) is 25.3. The van der Waals surface area contributed by atoms with Crippen LogP contribution in [0.5, 0.6) is 5.75 Å². The van der Waals surface area contributed by atoms with Gasteiger partial charge in [-0.15, -0.1) is 0 Å². The summed E-state index contributed by atoms with van der Waals surface area (Å²) in [5, 5.41) is 10.8. The number of aliphatic hydroxyl groups is 1. The number of pyridine rings is 1. The van der Waals surface area contributed by atoms with Gasteiger partial charge in [0.15, 0.2) is 5.60 Å². The van der Waals surface area contributed by atoms with E-state index in [0.717, 1.165) is 24.3 Å². The topological polar surface area (TPSA) is 74.7 Å². The minimum atomic E-state index is -5.10. The second-order valence-electron chi connectivity index (χ2n) is 7.96. The highest BCUT2D eigenvalue weighted by Crippen LogP contribution is 2.42. The van der Waals surface area contributed by atoms with Crippen molar-refractivity contribution in [3.63, 3.8) is 0 Å². The summed E-state index contributed by atoms with van der Waals surface area (Å²) in [5.74, 6) is -2.08. The Balaban J connectivity index is 2.06. The normalized spacial score (nSPS) is 15.0. The number of hydrogen-bond donors (Lipinski definition) is 2. The van der Waals surface area contributed by atoms with Gasteiger partial charge in [0.1, 0.15) is 17.4 Å². The van der Waals surface area contributed by atoms with Crippen molar-refractivity contribution in [2.75, 3.05) is 7.11 Å². The van der Waals surface area contributed by atoms with Gasteiger partial charge < -0.3 is 14.8 Å². The van der Waals surface area contributed by atoms with Gasteiger partial charge in [0.2, 0.25) is 5.56 Å². The minimum absolute atomic E-state index is 0.0708. The van der Waals surface area contributed by atoms with Crippen LogP contribution in [0.25, 0.3) is 10.9 Å². The van der Waals surface area contributed by atoms with E-state index in [1.54, 1.807) is 6.92 Å². The third kappa shape index (κ3) is 4.82. The van der Waals surface area contributed by atoms with Crippen LogP contribution in [0.3, 0.4) is 0 Å². The average molecular weight is 482 g/mol. The number of benzene rings is 2. The molecule has 3 aromatic rings. The summed E-state index contributed by atoms with van der Waals surface area (Å²) in [7, 11) is 1.29. The maximum atomic E-state index is 14.1. The van der Waals surface area contributed by atoms with Crippen LogP contribution in [0, 0.1) is 18.6 Å². The predicted octanol–water partition coefficient (Wildman–Crippen LogP) is 5.70. The van der Waals surface area contributed by atoms with Crippen molar-refractivity contribution in [2.24, 2.45) is 4.99 Å². The van der Waals surface area contributed by atoms with Crippen molar-refractivity contribution < 1.29 is 31.8 Å². The van der Waals surface area contributed by atoms with Gasteiger partial charge in [-0.25, -0.2) is 8.78 Å². The highest BCUT2D eigenvalue weighted by Gasteiger charge is 2.53. The summed E-state index contributed by atoms with van der Waals surface area (Å²) in [6.07, 6.45) is -5.35. The number of alkyl halides is 3. The van der Waals surface area contributed by atoms with E-state index in [0.29, 0.717) is 11.8 Å². The van der Waals surface area contributed by atoms with Gasteiger partial charge in [0.25, 0.3) is 0 Å². The molecule has 0 bridgehead atoms. The number of ether oxygens (including phenoxy) is 1. The molecule has 34 heavy (non-hydrogen) atoms. The summed E-state index contributed by atoms with van der Waals surface area (Å²) < 4.78 is 75.4. The molecule has 0 aliphatic rings. The molecule has 1 heterocycles. The summed E-state index contributed by atoms with van der Waals surface area (Å²) in [5.41, 5.74) is -3.76. The maximum absolute atomic E-state index is 14.1. The number of H-pyrrole nitrogens is 1. The average Bonchev–Trinajstić information content (AvgIpc) is 2.78. The molecular weight excluding hydrogens is 459 g/mol. The first-order chi connectivity index (χ1) is 15.9. The molecule has 0 amide bonds. The van der Waals surface area contributed by atoms with Crippen LogP contribution in [0.2, 0.25) is 0 Å². The second-order valence-corrected chi connectivity index (χ2v) is 7.96. The van der Waals surface area contributed by atoms with Crippen molar-refractivity contribution in [2.45, 2.75) is 44.4 Å². The van der Waals surface area contributed by atoms with E-state index in [4.69, 9.17) is 4.74 Å². The zero-order valence-electron chi connectivity index (χ0n) is 18.6. The van der Waals surface area contributed by atoms with Crippen molar-refractivity contribution in [1.82, 2.24) is 4.98 Å². The number of nitrogens with one attached hydrogen (secondary N) is 1. The number of halogens is 5. The van der Waals surface area contributed by atoms with Crippen LogP contribution in [-0.2, 0) is 0 Å². The van der Waals surface area contributed by atoms with E-state index in [9.17, 15) is 31.9 Å². The van der Waals surface area contributed by atoms with Crippen LogP contribution in [0.4, 0.5) is 27.6 Å². The molecule has 0 saturated heterocycles. The number of aromatic amines is 1. The molecule has 3 rings (SSSR count). The Morgan fingerprint density at radius 3 is 2.41 bits per heavy atom. The molecule has 1 aromatic heterocycles. The van der Waals surface area contributed by atoms with E-state index < -0.39 is 41.3 Å². The third-order valence-corrected chi connectivity index (χ3v) is 5.79. The molecule has 182 valence electrons. The molecule has 2 aromatic carbocycles. The Kier molecular flexibility index (Phi) is 7.11. The summed E-state index contributed by atoms with van der Waals surface area (Å²) in [6.45, 7) is 3.09. The number of hydrogen-bond acceptors (Lipinski definition) is 4. The molecule has 0 spiro atoms. The van der Waals surface area contributed by atoms with E-state index in [1.807, 2.05) is 0 Å². The van der Waals surface area contributed by atoms with Crippen LogP contribution in [-0.4, -0.2) is 35.2 Å². The highest BCUT2D eigenvalue weighted by atomic mass is 19.4. The summed E-state index contributed by atoms with van der Waals surface area (Å²) >= 11 is 0. The molecule has 5 nitrogen and oxygen atoms in total. The van der Waals surface area contributed by atoms with Crippen molar-refractivity contribution >= 4 is 22.8 Å². The molecular formula is C24H23F5N2O3. The van der Waals surface area contributed by atoms with E-state index in [-0.39, 0.29) is 34.3 Å². The summed E-state index contributed by atoms with van der Waals surface area (Å²) in [6, 6.07) is 6.91. The van der Waals surface area contributed by atoms with E-state index in [2.05, 4.69) is 9.98 Å². The first-order valence-electron chi connectivity index (χ1n) is 10.4. The van der Waals surface area contributed by atoms with Gasteiger partial charge >= 0.3 is 6.18 Å². The van der Waals surface area contributed by atoms with E-state index >= 15 is 0 Å². The Morgan fingerprint density at radius 2 is 1.79 bits per heavy atom. The number of nitrogens with zero attached hydrogens (tertiary/aromatic N) is 1. The Bertz CT molecular complexity index is 1290. The van der Waals surface area contributed by atoms with Crippen LogP contribution >= 0.6 is 0 Å². The molecule has 0 aliphatic carbocycles. The quantitative estimate of drug-likeness (QED) is 0.335. The van der Waals surface area contributed by atoms with Gasteiger partial charge in [0, 0.05) is 23.2 Å². The highest BCUT2D eigenvalue weighted by molar-refractivity contribution is 5.92. The molecule has 0 unspecified atom stereocenters. The Hall–Kier alpha value is -3.27. The first kappa shape index (κ1) is 25.4. The van der Waals surface area contributed by atoms with Crippen molar-refractivity contribution in [3.8, 4) is 5.75 Å². The number of aliphatic imine (C=N–C) groups is 1. The molecule has 0 fully saturated rings. The van der Waals surface area contributed by atoms with Gasteiger partial charge in [-0.05, 0) is 55.5 Å². The maximum Gasteiger partial charge on any atom is 0.422 e. The van der Waals surface area contributed by atoms with Crippen molar-refractivity contribution in [1.29, 1.82) is 0 Å². The predicted molar refractivity (Wildman–Crippen MR) is 119 cm³/mol. The molecule has 10 heteroatoms. The fraction of sp³-hybridized carbons (Fsp3) is 0.333. The number of methoxy groups -OCH3 is 1. The minimum Gasteiger partial charge on any atom is -0.496 e. The first-order valence-corrected chi connectivity index (χ1v) is 10.4. The largest absolute Gasteiger partial charge is 0.496 e. The smallest absolute Gasteiger partial charge is 0.422 e. The zero-order valence-corrected chi connectivity index (χ0v) is 18.6. The lowest BCUT2D eigenvalue weighted by Gasteiger charge is -2.31. The van der Waals surface area contributed by atoms with Crippen LogP contribution in [0.15, 0.2) is 46.2 Å². The fourth-order valence-electron chi connectivity index (χ4n) is 3.86. The van der Waals surface area contributed by atoms with Gasteiger partial charge in [0.05, 0.1) is 18.3 Å². The number of rotatable bonds is 7. The van der Waals surface area contributed by atoms with Gasteiger partial charge in [-0.2, -0.15) is 13.2 Å². The number of fused-ring (bicyclic) bond motifs is 1. The molecule has 0 radical (unpaired) electrons. The van der Waals surface area contributed by atoms with Gasteiger partial charge in [-0.3, -0.25) is 9.79 Å². The molecule has 2 atom stereocenters. The lowest BCUT2D eigenvalue weighted by atomic mass is 9.83. The monoisotopic (exact) mass is 482 g/mol. The molecule has 0 saturated carbocycles. The Morgan fingerprint density at radius 1 is 1.12 bits per heavy atom. The Labute approximate surface area is 191 Å². The van der Waals surface area contributed by atoms with Crippen LogP contribution in [0.1, 0.15) is 36.8 Å². The lowest BCUT2D eigenvalue weighted by molar-refractivity contribution is -0.232. The third-order valence-electron chi connectivity index (χ3n) is 5.79. The molecule has 0 aliphatic heterocycles. The number of aromatic nitrogens is 1. The SMILES string of the molecule is CC[C@H](C[C@](O)(C=Nc1ccc(F)c2[nH]c(=O)ccc12)C(F)(F)F)c1ccc(F)c(C)c1OC.